The third kappa shape index (κ3) is 3.67. The lowest BCUT2D eigenvalue weighted by atomic mass is 10.2. The Bertz CT molecular complexity index is 1040. The minimum absolute atomic E-state index is 0.0422. The molecule has 28 heavy (non-hydrogen) atoms. The zero-order valence-corrected chi connectivity index (χ0v) is 17.3. The molecule has 1 atom stereocenters. The Morgan fingerprint density at radius 3 is 2.64 bits per heavy atom. The van der Waals surface area contributed by atoms with Gasteiger partial charge in [-0.05, 0) is 49.6 Å². The topological polar surface area (TPSA) is 78.9 Å². The molecule has 0 fully saturated rings. The Balaban J connectivity index is 1.55. The van der Waals surface area contributed by atoms with Crippen molar-refractivity contribution in [2.75, 3.05) is 7.11 Å². The van der Waals surface area contributed by atoms with Gasteiger partial charge in [-0.1, -0.05) is 17.8 Å². The van der Waals surface area contributed by atoms with Crippen molar-refractivity contribution in [1.82, 2.24) is 25.0 Å². The Morgan fingerprint density at radius 2 is 1.96 bits per heavy atom. The highest BCUT2D eigenvalue weighted by atomic mass is 32.2. The first-order valence-corrected chi connectivity index (χ1v) is 10.6. The molecule has 1 aromatic carbocycles. The van der Waals surface area contributed by atoms with Crippen LogP contribution >= 0.6 is 23.1 Å². The van der Waals surface area contributed by atoms with Crippen molar-refractivity contribution in [3.8, 4) is 27.9 Å². The summed E-state index contributed by atoms with van der Waals surface area (Å²) in [6, 6.07) is 11.7. The van der Waals surface area contributed by atoms with Gasteiger partial charge in [0.2, 0.25) is 5.89 Å². The molecule has 0 aliphatic carbocycles. The molecule has 0 spiro atoms. The number of rotatable bonds is 7. The molecule has 0 aliphatic rings. The van der Waals surface area contributed by atoms with E-state index in [-0.39, 0.29) is 5.25 Å². The van der Waals surface area contributed by atoms with Gasteiger partial charge in [0.25, 0.3) is 5.89 Å². The van der Waals surface area contributed by atoms with E-state index in [4.69, 9.17) is 9.15 Å². The van der Waals surface area contributed by atoms with Gasteiger partial charge in [0, 0.05) is 12.1 Å². The summed E-state index contributed by atoms with van der Waals surface area (Å²) < 4.78 is 13.2. The number of hydrogen-bond acceptors (Lipinski definition) is 8. The van der Waals surface area contributed by atoms with Gasteiger partial charge in [-0.15, -0.1) is 31.7 Å². The zero-order chi connectivity index (χ0) is 19.5. The molecule has 144 valence electrons. The van der Waals surface area contributed by atoms with E-state index in [0.29, 0.717) is 11.8 Å². The molecule has 9 heteroatoms. The van der Waals surface area contributed by atoms with E-state index >= 15 is 0 Å². The Kier molecular flexibility index (Phi) is 5.45. The zero-order valence-electron chi connectivity index (χ0n) is 15.7. The van der Waals surface area contributed by atoms with Crippen LogP contribution in [0.25, 0.3) is 22.2 Å². The normalized spacial score (nSPS) is 12.2. The van der Waals surface area contributed by atoms with Crippen LogP contribution in [0.3, 0.4) is 0 Å². The Morgan fingerprint density at radius 1 is 1.14 bits per heavy atom. The van der Waals surface area contributed by atoms with Gasteiger partial charge >= 0.3 is 0 Å². The molecular weight excluding hydrogens is 394 g/mol. The summed E-state index contributed by atoms with van der Waals surface area (Å²) >= 11 is 3.13. The van der Waals surface area contributed by atoms with Gasteiger partial charge in [0.15, 0.2) is 11.0 Å². The van der Waals surface area contributed by atoms with Gasteiger partial charge in [-0.25, -0.2) is 0 Å². The van der Waals surface area contributed by atoms with E-state index in [1.54, 1.807) is 30.2 Å². The van der Waals surface area contributed by atoms with Crippen LogP contribution in [0.1, 0.15) is 25.0 Å². The maximum atomic E-state index is 5.85. The van der Waals surface area contributed by atoms with Crippen LogP contribution < -0.4 is 4.74 Å². The maximum Gasteiger partial charge on any atom is 0.257 e. The third-order valence-electron chi connectivity index (χ3n) is 4.18. The highest BCUT2D eigenvalue weighted by Gasteiger charge is 2.21. The highest BCUT2D eigenvalue weighted by molar-refractivity contribution is 7.99. The van der Waals surface area contributed by atoms with Crippen LogP contribution in [0.2, 0.25) is 0 Å². The molecule has 0 aliphatic heterocycles. The van der Waals surface area contributed by atoms with E-state index in [0.717, 1.165) is 33.7 Å². The van der Waals surface area contributed by atoms with Crippen molar-refractivity contribution in [3.05, 3.63) is 47.7 Å². The van der Waals surface area contributed by atoms with Gasteiger partial charge in [0.05, 0.1) is 17.2 Å². The van der Waals surface area contributed by atoms with E-state index in [1.165, 1.54) is 0 Å². The van der Waals surface area contributed by atoms with Crippen LogP contribution in [-0.2, 0) is 6.54 Å². The largest absolute Gasteiger partial charge is 0.497 e. The summed E-state index contributed by atoms with van der Waals surface area (Å²) in [5, 5.41) is 19.9. The van der Waals surface area contributed by atoms with Crippen LogP contribution in [0.15, 0.2) is 51.4 Å². The highest BCUT2D eigenvalue weighted by Crippen LogP contribution is 2.36. The van der Waals surface area contributed by atoms with Gasteiger partial charge in [-0.3, -0.25) is 0 Å². The first-order valence-electron chi connectivity index (χ1n) is 8.81. The van der Waals surface area contributed by atoms with Gasteiger partial charge in [0.1, 0.15) is 5.75 Å². The van der Waals surface area contributed by atoms with Crippen LogP contribution in [-0.4, -0.2) is 32.1 Å². The lowest BCUT2D eigenvalue weighted by molar-refractivity contribution is 0.415. The summed E-state index contributed by atoms with van der Waals surface area (Å²) in [4.78, 5) is 0.967. The molecule has 4 rings (SSSR count). The quantitative estimate of drug-likeness (QED) is 0.397. The standard InChI is InChI=1S/C19H19N5O2S2/c1-4-24-16(13-7-9-14(25-3)10-8-13)20-23-19(24)28-12(2)17-21-22-18(26-17)15-6-5-11-27-15/h5-12H,4H2,1-3H3/t12-/m0/s1. The fraction of sp³-hybridized carbons (Fsp3) is 0.263. The van der Waals surface area contributed by atoms with Crippen LogP contribution in [0.4, 0.5) is 0 Å². The van der Waals surface area contributed by atoms with E-state index in [2.05, 4.69) is 31.9 Å². The molecule has 0 N–H and O–H groups in total. The van der Waals surface area contributed by atoms with E-state index in [9.17, 15) is 0 Å². The van der Waals surface area contributed by atoms with Crippen molar-refractivity contribution in [2.24, 2.45) is 0 Å². The second-order valence-electron chi connectivity index (χ2n) is 5.96. The fourth-order valence-corrected chi connectivity index (χ4v) is 4.31. The predicted octanol–water partition coefficient (Wildman–Crippen LogP) is 4.94. The SMILES string of the molecule is CCn1c(S[C@@H](C)c2nnc(-c3cccs3)o2)nnc1-c1ccc(OC)cc1. The molecule has 0 unspecified atom stereocenters. The van der Waals surface area contributed by atoms with E-state index in [1.807, 2.05) is 48.7 Å². The van der Waals surface area contributed by atoms with Crippen molar-refractivity contribution < 1.29 is 9.15 Å². The lowest BCUT2D eigenvalue weighted by Gasteiger charge is -2.10. The molecule has 3 aromatic heterocycles. The summed E-state index contributed by atoms with van der Waals surface area (Å²) in [6.07, 6.45) is 0. The predicted molar refractivity (Wildman–Crippen MR) is 110 cm³/mol. The van der Waals surface area contributed by atoms with Crippen molar-refractivity contribution in [3.63, 3.8) is 0 Å². The molecule has 0 saturated heterocycles. The summed E-state index contributed by atoms with van der Waals surface area (Å²) in [5.41, 5.74) is 0.993. The number of thioether (sulfide) groups is 1. The number of ether oxygens (including phenoxy) is 1. The van der Waals surface area contributed by atoms with Crippen LogP contribution in [0, 0.1) is 0 Å². The molecule has 0 saturated carbocycles. The molecule has 7 nitrogen and oxygen atoms in total. The minimum atomic E-state index is -0.0422. The summed E-state index contributed by atoms with van der Waals surface area (Å²) in [6.45, 7) is 4.86. The molecule has 3 heterocycles. The van der Waals surface area contributed by atoms with Crippen molar-refractivity contribution in [1.29, 1.82) is 0 Å². The first-order chi connectivity index (χ1) is 13.7. The van der Waals surface area contributed by atoms with Gasteiger partial charge in [-0.2, -0.15) is 0 Å². The number of hydrogen-bond donors (Lipinski definition) is 0. The molecule has 0 bridgehead atoms. The van der Waals surface area contributed by atoms with Crippen LogP contribution in [0.5, 0.6) is 5.75 Å². The average molecular weight is 414 g/mol. The van der Waals surface area contributed by atoms with Gasteiger partial charge < -0.3 is 13.7 Å². The third-order valence-corrected chi connectivity index (χ3v) is 6.11. The molecular formula is C19H19N5O2S2. The fourth-order valence-electron chi connectivity index (χ4n) is 2.72. The summed E-state index contributed by atoms with van der Waals surface area (Å²) in [5.74, 6) is 2.76. The maximum absolute atomic E-state index is 5.85. The second-order valence-corrected chi connectivity index (χ2v) is 8.22. The number of aromatic nitrogens is 5. The molecule has 0 amide bonds. The molecule has 4 aromatic rings. The molecule has 0 radical (unpaired) electrons. The number of nitrogens with zero attached hydrogens (tertiary/aromatic N) is 5. The first kappa shape index (κ1) is 18.7. The average Bonchev–Trinajstić information content (AvgIpc) is 3.47. The monoisotopic (exact) mass is 413 g/mol. The summed E-state index contributed by atoms with van der Waals surface area (Å²) in [7, 11) is 1.65. The Hall–Kier alpha value is -2.65. The lowest BCUT2D eigenvalue weighted by Crippen LogP contribution is -2.01. The minimum Gasteiger partial charge on any atom is -0.497 e. The Labute approximate surface area is 170 Å². The number of benzene rings is 1. The van der Waals surface area contributed by atoms with E-state index < -0.39 is 0 Å². The number of methoxy groups -OCH3 is 1. The second kappa shape index (κ2) is 8.15. The van der Waals surface area contributed by atoms with Crippen molar-refractivity contribution >= 4 is 23.1 Å². The van der Waals surface area contributed by atoms with Crippen molar-refractivity contribution in [2.45, 2.75) is 30.8 Å². The number of thiophene rings is 1. The smallest absolute Gasteiger partial charge is 0.257 e.